The van der Waals surface area contributed by atoms with E-state index in [9.17, 15) is 18.3 Å². The van der Waals surface area contributed by atoms with Gasteiger partial charge in [0, 0.05) is 18.5 Å². The number of hydrogen-bond acceptors (Lipinski definition) is 3. The van der Waals surface area contributed by atoms with Crippen molar-refractivity contribution < 1.29 is 18.3 Å². The third-order valence-corrected chi connectivity index (χ3v) is 3.31. The molecule has 0 amide bonds. The van der Waals surface area contributed by atoms with Gasteiger partial charge in [-0.2, -0.15) is 18.3 Å². The first kappa shape index (κ1) is 13.1. The van der Waals surface area contributed by atoms with Crippen LogP contribution < -0.4 is 0 Å². The first-order valence-electron chi connectivity index (χ1n) is 6.23. The van der Waals surface area contributed by atoms with Crippen molar-refractivity contribution in [1.29, 1.82) is 0 Å². The normalized spacial score (nSPS) is 18.9. The molecule has 106 valence electrons. The number of aliphatic hydroxyl groups is 1. The third-order valence-electron chi connectivity index (χ3n) is 3.31. The van der Waals surface area contributed by atoms with Crippen LogP contribution in [-0.2, 0) is 19.1 Å². The Kier molecular flexibility index (Phi) is 3.01. The fourth-order valence-corrected chi connectivity index (χ4v) is 2.33. The van der Waals surface area contributed by atoms with Crippen LogP contribution in [0.5, 0.6) is 0 Å². The number of rotatable bonds is 1. The molecule has 1 aliphatic heterocycles. The highest BCUT2D eigenvalue weighted by atomic mass is 19.4. The third kappa shape index (κ3) is 2.29. The summed E-state index contributed by atoms with van der Waals surface area (Å²) < 4.78 is 40.5. The molecule has 3 rings (SSSR count). The van der Waals surface area contributed by atoms with Crippen molar-refractivity contribution in [1.82, 2.24) is 14.8 Å². The maximum Gasteiger partial charge on any atom is 0.417 e. The number of hydrogen-bond donors (Lipinski definition) is 1. The van der Waals surface area contributed by atoms with Gasteiger partial charge in [0.05, 0.1) is 11.7 Å². The molecular weight excluding hydrogens is 271 g/mol. The molecule has 7 heteroatoms. The quantitative estimate of drug-likeness (QED) is 0.873. The molecule has 1 aliphatic rings. The molecular formula is C13H12F3N3O. The van der Waals surface area contributed by atoms with Crippen molar-refractivity contribution in [2.45, 2.75) is 31.7 Å². The van der Waals surface area contributed by atoms with Crippen LogP contribution in [0.1, 0.15) is 17.8 Å². The zero-order chi connectivity index (χ0) is 14.3. The maximum absolute atomic E-state index is 13.0. The number of halogens is 3. The highest BCUT2D eigenvalue weighted by Crippen LogP contribution is 2.36. The lowest BCUT2D eigenvalue weighted by atomic mass is 10.1. The number of aryl methyl sites for hydroxylation is 1. The molecule has 0 fully saturated rings. The fraction of sp³-hybridized carbons (Fsp3) is 0.385. The van der Waals surface area contributed by atoms with Gasteiger partial charge in [0.15, 0.2) is 5.82 Å². The van der Waals surface area contributed by atoms with E-state index in [1.54, 1.807) is 4.68 Å². The van der Waals surface area contributed by atoms with E-state index >= 15 is 0 Å². The molecule has 0 saturated heterocycles. The van der Waals surface area contributed by atoms with Gasteiger partial charge in [-0.15, -0.1) is 0 Å². The van der Waals surface area contributed by atoms with E-state index in [4.69, 9.17) is 0 Å². The summed E-state index contributed by atoms with van der Waals surface area (Å²) in [6.45, 7) is 0.470. The molecule has 2 aromatic rings. The van der Waals surface area contributed by atoms with E-state index in [-0.39, 0.29) is 11.4 Å². The molecule has 0 aliphatic carbocycles. The predicted molar refractivity (Wildman–Crippen MR) is 64.8 cm³/mol. The number of alkyl halides is 3. The van der Waals surface area contributed by atoms with Crippen LogP contribution in [0.25, 0.3) is 11.4 Å². The second-order valence-corrected chi connectivity index (χ2v) is 4.76. The first-order valence-corrected chi connectivity index (χ1v) is 6.23. The van der Waals surface area contributed by atoms with Crippen molar-refractivity contribution >= 4 is 0 Å². The lowest BCUT2D eigenvalue weighted by Crippen LogP contribution is -2.23. The molecule has 2 heterocycles. The van der Waals surface area contributed by atoms with E-state index in [2.05, 4.69) is 10.1 Å². The number of aromatic nitrogens is 3. The van der Waals surface area contributed by atoms with Crippen LogP contribution >= 0.6 is 0 Å². The van der Waals surface area contributed by atoms with Gasteiger partial charge >= 0.3 is 6.18 Å². The van der Waals surface area contributed by atoms with Gasteiger partial charge in [-0.1, -0.05) is 18.2 Å². The van der Waals surface area contributed by atoms with Crippen LogP contribution in [-0.4, -0.2) is 26.0 Å². The average Bonchev–Trinajstić information content (AvgIpc) is 2.80. The maximum atomic E-state index is 13.0. The SMILES string of the molecule is OC1CCn2nc(-c3ccccc3C(F)(F)F)nc2C1. The highest BCUT2D eigenvalue weighted by molar-refractivity contribution is 5.60. The predicted octanol–water partition coefficient (Wildman–Crippen LogP) is 2.27. The second kappa shape index (κ2) is 4.59. The minimum atomic E-state index is -4.44. The monoisotopic (exact) mass is 283 g/mol. The number of nitrogens with zero attached hydrogens (tertiary/aromatic N) is 3. The summed E-state index contributed by atoms with van der Waals surface area (Å²) in [5.74, 6) is 0.581. The molecule has 1 aromatic carbocycles. The Labute approximate surface area is 112 Å². The summed E-state index contributed by atoms with van der Waals surface area (Å²) in [5.41, 5.74) is -0.778. The zero-order valence-electron chi connectivity index (χ0n) is 10.4. The van der Waals surface area contributed by atoms with E-state index in [1.807, 2.05) is 0 Å². The molecule has 1 aromatic heterocycles. The van der Waals surface area contributed by atoms with Crippen LogP contribution in [0.15, 0.2) is 24.3 Å². The number of benzene rings is 1. The fourth-order valence-electron chi connectivity index (χ4n) is 2.33. The summed E-state index contributed by atoms with van der Waals surface area (Å²) in [5, 5.41) is 13.7. The summed E-state index contributed by atoms with van der Waals surface area (Å²) in [4.78, 5) is 4.14. The Balaban J connectivity index is 2.07. The van der Waals surface area contributed by atoms with Gasteiger partial charge in [-0.05, 0) is 12.5 Å². The van der Waals surface area contributed by atoms with E-state index < -0.39 is 17.8 Å². The van der Waals surface area contributed by atoms with Gasteiger partial charge in [0.25, 0.3) is 0 Å². The van der Waals surface area contributed by atoms with Crippen LogP contribution in [0, 0.1) is 0 Å². The molecule has 4 nitrogen and oxygen atoms in total. The van der Waals surface area contributed by atoms with Crippen molar-refractivity contribution in [3.8, 4) is 11.4 Å². The summed E-state index contributed by atoms with van der Waals surface area (Å²) >= 11 is 0. The molecule has 1 atom stereocenters. The lowest BCUT2D eigenvalue weighted by Gasteiger charge is -2.16. The van der Waals surface area contributed by atoms with Crippen LogP contribution in [0.3, 0.4) is 0 Å². The van der Waals surface area contributed by atoms with E-state index in [1.165, 1.54) is 18.2 Å². The molecule has 1 N–H and O–H groups in total. The molecule has 1 unspecified atom stereocenters. The largest absolute Gasteiger partial charge is 0.417 e. The van der Waals surface area contributed by atoms with E-state index in [0.29, 0.717) is 25.2 Å². The highest BCUT2D eigenvalue weighted by Gasteiger charge is 2.34. The van der Waals surface area contributed by atoms with Crippen molar-refractivity contribution in [3.63, 3.8) is 0 Å². The average molecular weight is 283 g/mol. The number of aliphatic hydroxyl groups excluding tert-OH is 1. The number of fused-ring (bicyclic) bond motifs is 1. The van der Waals surface area contributed by atoms with Crippen LogP contribution in [0.2, 0.25) is 0 Å². The molecule has 20 heavy (non-hydrogen) atoms. The van der Waals surface area contributed by atoms with Crippen LogP contribution in [0.4, 0.5) is 13.2 Å². The molecule has 0 spiro atoms. The lowest BCUT2D eigenvalue weighted by molar-refractivity contribution is -0.137. The summed E-state index contributed by atoms with van der Waals surface area (Å²) in [6, 6.07) is 5.25. The zero-order valence-corrected chi connectivity index (χ0v) is 10.4. The Bertz CT molecular complexity index is 636. The Morgan fingerprint density at radius 1 is 1.25 bits per heavy atom. The van der Waals surface area contributed by atoms with Gasteiger partial charge < -0.3 is 5.11 Å². The van der Waals surface area contributed by atoms with E-state index in [0.717, 1.165) is 6.07 Å². The van der Waals surface area contributed by atoms with Crippen molar-refractivity contribution in [3.05, 3.63) is 35.7 Å². The Hall–Kier alpha value is -1.89. The summed E-state index contributed by atoms with van der Waals surface area (Å²) in [7, 11) is 0. The topological polar surface area (TPSA) is 50.9 Å². The molecule has 0 radical (unpaired) electrons. The molecule has 0 bridgehead atoms. The summed E-state index contributed by atoms with van der Waals surface area (Å²) in [6.07, 6.45) is -4.09. The Morgan fingerprint density at radius 2 is 2.00 bits per heavy atom. The van der Waals surface area contributed by atoms with Crippen molar-refractivity contribution in [2.75, 3.05) is 0 Å². The van der Waals surface area contributed by atoms with Gasteiger partial charge in [-0.25, -0.2) is 9.67 Å². The first-order chi connectivity index (χ1) is 9.45. The van der Waals surface area contributed by atoms with Gasteiger partial charge in [0.1, 0.15) is 5.82 Å². The van der Waals surface area contributed by atoms with Gasteiger partial charge in [-0.3, -0.25) is 0 Å². The standard InChI is InChI=1S/C13H12F3N3O/c14-13(15,16)10-4-2-1-3-9(10)12-17-11-7-8(20)5-6-19(11)18-12/h1-4,8,20H,5-7H2. The van der Waals surface area contributed by atoms with Crippen molar-refractivity contribution in [2.24, 2.45) is 0 Å². The molecule has 0 saturated carbocycles. The second-order valence-electron chi connectivity index (χ2n) is 4.76. The van der Waals surface area contributed by atoms with Gasteiger partial charge in [0.2, 0.25) is 0 Å². The smallest absolute Gasteiger partial charge is 0.393 e. The Morgan fingerprint density at radius 3 is 2.75 bits per heavy atom. The minimum Gasteiger partial charge on any atom is -0.393 e. The minimum absolute atomic E-state index is 0.0311.